The molecule has 5 heteroatoms. The highest BCUT2D eigenvalue weighted by molar-refractivity contribution is 6.55. The molecule has 1 saturated carbocycles. The van der Waals surface area contributed by atoms with Gasteiger partial charge in [0.2, 0.25) is 6.29 Å². The van der Waals surface area contributed by atoms with Crippen LogP contribution in [0.4, 0.5) is 0 Å². The van der Waals surface area contributed by atoms with Gasteiger partial charge in [-0.15, -0.1) is 0 Å². The second kappa shape index (κ2) is 3.79. The van der Waals surface area contributed by atoms with Crippen LogP contribution in [0.3, 0.4) is 0 Å². The lowest BCUT2D eigenvalue weighted by Gasteiger charge is -2.16. The maximum atomic E-state index is 11.3. The highest BCUT2D eigenvalue weighted by Gasteiger charge is 2.39. The van der Waals surface area contributed by atoms with Crippen molar-refractivity contribution in [3.05, 3.63) is 17.7 Å². The summed E-state index contributed by atoms with van der Waals surface area (Å²) in [7, 11) is 0. The van der Waals surface area contributed by atoms with Gasteiger partial charge < -0.3 is 10.3 Å². The molecule has 2 bridgehead atoms. The summed E-state index contributed by atoms with van der Waals surface area (Å²) >= 11 is 0. The quantitative estimate of drug-likeness (QED) is 0.127. The highest BCUT2D eigenvalue weighted by atomic mass is 16.5. The normalized spacial score (nSPS) is 31.1. The zero-order valence-electron chi connectivity index (χ0n) is 8.00. The van der Waals surface area contributed by atoms with Gasteiger partial charge in [0.05, 0.1) is 0 Å². The fraction of sp³-hybridized carbons (Fsp3) is 0.500. The van der Waals surface area contributed by atoms with Crippen molar-refractivity contribution in [2.24, 2.45) is 11.8 Å². The van der Waals surface area contributed by atoms with Gasteiger partial charge in [-0.05, 0) is 18.8 Å². The number of ether oxygens (including phenoxy) is 1. The lowest BCUT2D eigenvalue weighted by molar-refractivity contribution is -0.147. The predicted octanol–water partition coefficient (Wildman–Crippen LogP) is 0.364. The van der Waals surface area contributed by atoms with Crippen LogP contribution < -0.4 is 0 Å². The number of hydrogen-bond donors (Lipinski definition) is 0. The average molecular weight is 206 g/mol. The van der Waals surface area contributed by atoms with Gasteiger partial charge >= 0.3 is 11.7 Å². The third kappa shape index (κ3) is 1.74. The fourth-order valence-electron chi connectivity index (χ4n) is 2.18. The van der Waals surface area contributed by atoms with Crippen LogP contribution in [-0.2, 0) is 14.3 Å². The van der Waals surface area contributed by atoms with Gasteiger partial charge in [-0.2, -0.15) is 4.79 Å². The minimum absolute atomic E-state index is 0.177. The molecule has 0 aromatic carbocycles. The molecule has 0 aromatic heterocycles. The molecule has 0 aromatic rings. The van der Waals surface area contributed by atoms with Crippen LogP contribution >= 0.6 is 0 Å². The minimum Gasteiger partial charge on any atom is -0.453 e. The molecule has 0 amide bonds. The van der Waals surface area contributed by atoms with Crippen LogP contribution in [-0.4, -0.2) is 28.9 Å². The van der Waals surface area contributed by atoms with E-state index in [2.05, 4.69) is 10.9 Å². The van der Waals surface area contributed by atoms with Gasteiger partial charge in [0.25, 0.3) is 0 Å². The maximum Gasteiger partial charge on any atom is 0.438 e. The molecule has 0 saturated heterocycles. The molecule has 0 aliphatic heterocycles. The molecular formula is C10H10N2O3. The van der Waals surface area contributed by atoms with Crippen LogP contribution in [0.15, 0.2) is 12.2 Å². The van der Waals surface area contributed by atoms with E-state index in [4.69, 9.17) is 10.3 Å². The van der Waals surface area contributed by atoms with Crippen molar-refractivity contribution in [3.8, 4) is 0 Å². The first-order chi connectivity index (χ1) is 7.24. The summed E-state index contributed by atoms with van der Waals surface area (Å²) in [5, 5.41) is 0. The van der Waals surface area contributed by atoms with Crippen molar-refractivity contribution in [1.82, 2.24) is 0 Å². The molecule has 2 aliphatic carbocycles. The third-order valence-corrected chi connectivity index (χ3v) is 2.90. The van der Waals surface area contributed by atoms with Gasteiger partial charge in [-0.1, -0.05) is 12.2 Å². The summed E-state index contributed by atoms with van der Waals surface area (Å²) in [5.74, 6) is -0.109. The SMILES string of the molecule is [N-]=[N+]=C(C=O)C(=O)OC1CC2C=CC1C2. The Morgan fingerprint density at radius 3 is 2.73 bits per heavy atom. The summed E-state index contributed by atoms with van der Waals surface area (Å²) < 4.78 is 5.08. The van der Waals surface area contributed by atoms with Crippen LogP contribution in [0.25, 0.3) is 5.53 Å². The Morgan fingerprint density at radius 1 is 1.47 bits per heavy atom. The predicted molar refractivity (Wildman–Crippen MR) is 49.9 cm³/mol. The van der Waals surface area contributed by atoms with Crippen LogP contribution in [0, 0.1) is 11.8 Å². The molecule has 78 valence electrons. The number of aldehydes is 1. The zero-order chi connectivity index (χ0) is 10.8. The molecule has 0 heterocycles. The van der Waals surface area contributed by atoms with Crippen molar-refractivity contribution in [3.63, 3.8) is 0 Å². The number of fused-ring (bicyclic) bond motifs is 2. The maximum absolute atomic E-state index is 11.3. The first kappa shape index (κ1) is 9.80. The van der Waals surface area contributed by atoms with Gasteiger partial charge in [-0.3, -0.25) is 4.79 Å². The van der Waals surface area contributed by atoms with E-state index in [1.807, 2.05) is 6.08 Å². The molecule has 5 nitrogen and oxygen atoms in total. The van der Waals surface area contributed by atoms with E-state index in [0.717, 1.165) is 12.8 Å². The van der Waals surface area contributed by atoms with E-state index < -0.39 is 11.7 Å². The topological polar surface area (TPSA) is 79.8 Å². The lowest BCUT2D eigenvalue weighted by atomic mass is 10.0. The Balaban J connectivity index is 1.99. The first-order valence-electron chi connectivity index (χ1n) is 4.81. The third-order valence-electron chi connectivity index (χ3n) is 2.90. The monoisotopic (exact) mass is 206 g/mol. The molecule has 0 N–H and O–H groups in total. The van der Waals surface area contributed by atoms with Crippen molar-refractivity contribution in [2.45, 2.75) is 18.9 Å². The molecule has 2 aliphatic rings. The number of rotatable bonds is 3. The van der Waals surface area contributed by atoms with Crippen molar-refractivity contribution in [2.75, 3.05) is 0 Å². The van der Waals surface area contributed by atoms with Crippen LogP contribution in [0.5, 0.6) is 0 Å². The molecule has 2 rings (SSSR count). The number of allylic oxidation sites excluding steroid dienone is 1. The zero-order valence-corrected chi connectivity index (χ0v) is 8.00. The van der Waals surface area contributed by atoms with E-state index in [0.29, 0.717) is 5.92 Å². The van der Waals surface area contributed by atoms with Gasteiger partial charge in [-0.25, -0.2) is 4.79 Å². The van der Waals surface area contributed by atoms with Crippen molar-refractivity contribution < 1.29 is 19.1 Å². The van der Waals surface area contributed by atoms with E-state index >= 15 is 0 Å². The molecule has 3 atom stereocenters. The van der Waals surface area contributed by atoms with Gasteiger partial charge in [0, 0.05) is 5.92 Å². The average Bonchev–Trinajstić information content (AvgIpc) is 2.81. The Kier molecular flexibility index (Phi) is 2.47. The van der Waals surface area contributed by atoms with Crippen molar-refractivity contribution >= 4 is 18.0 Å². The van der Waals surface area contributed by atoms with E-state index in [9.17, 15) is 9.59 Å². The molecule has 1 fully saturated rings. The smallest absolute Gasteiger partial charge is 0.438 e. The summed E-state index contributed by atoms with van der Waals surface area (Å²) in [6, 6.07) is 0. The summed E-state index contributed by atoms with van der Waals surface area (Å²) in [4.78, 5) is 24.1. The number of esters is 1. The molecule has 0 spiro atoms. The van der Waals surface area contributed by atoms with Gasteiger partial charge in [0.15, 0.2) is 0 Å². The van der Waals surface area contributed by atoms with E-state index in [1.165, 1.54) is 0 Å². The molecular weight excluding hydrogens is 196 g/mol. The molecule has 15 heavy (non-hydrogen) atoms. The standard InChI is InChI=1S/C10H10N2O3/c11-12-8(5-13)10(14)15-9-4-6-1-2-7(9)3-6/h1-2,5-7,9H,3-4H2. The number of hydrogen-bond acceptors (Lipinski definition) is 3. The fourth-order valence-corrected chi connectivity index (χ4v) is 2.18. The largest absolute Gasteiger partial charge is 0.453 e. The van der Waals surface area contributed by atoms with Crippen molar-refractivity contribution in [1.29, 1.82) is 0 Å². The summed E-state index contributed by atoms with van der Waals surface area (Å²) in [6.45, 7) is 0. The Labute approximate surface area is 86.3 Å². The minimum atomic E-state index is -0.849. The number of carbonyl (C=O) groups is 2. The van der Waals surface area contributed by atoms with Gasteiger partial charge in [0.1, 0.15) is 6.10 Å². The molecule has 0 radical (unpaired) electrons. The molecule has 3 unspecified atom stereocenters. The Hall–Kier alpha value is -1.74. The highest BCUT2D eigenvalue weighted by Crippen LogP contribution is 2.40. The first-order valence-corrected chi connectivity index (χ1v) is 4.81. The number of carbonyl (C=O) groups excluding carboxylic acids is 2. The van der Waals surface area contributed by atoms with E-state index in [-0.39, 0.29) is 18.3 Å². The van der Waals surface area contributed by atoms with E-state index in [1.54, 1.807) is 0 Å². The second-order valence-electron chi connectivity index (χ2n) is 3.83. The lowest BCUT2D eigenvalue weighted by Crippen LogP contribution is -2.28. The summed E-state index contributed by atoms with van der Waals surface area (Å²) in [5.41, 5.74) is 7.76. The number of nitrogens with zero attached hydrogens (tertiary/aromatic N) is 2. The van der Waals surface area contributed by atoms with Crippen LogP contribution in [0.2, 0.25) is 0 Å². The second-order valence-corrected chi connectivity index (χ2v) is 3.83. The Bertz CT molecular complexity index is 382. The Morgan fingerprint density at radius 2 is 2.27 bits per heavy atom. The van der Waals surface area contributed by atoms with Crippen LogP contribution in [0.1, 0.15) is 12.8 Å². The summed E-state index contributed by atoms with van der Waals surface area (Å²) in [6.07, 6.45) is 5.96.